The Bertz CT molecular complexity index is 741. The molecule has 4 nitrogen and oxygen atoms in total. The highest BCUT2D eigenvalue weighted by molar-refractivity contribution is 6.36. The van der Waals surface area contributed by atoms with Gasteiger partial charge in [0.25, 0.3) is 5.91 Å². The molecule has 0 aromatic heterocycles. The molecule has 2 aromatic rings. The number of hydrogen-bond acceptors (Lipinski definition) is 3. The molecule has 0 bridgehead atoms. The minimum Gasteiger partial charge on any atom is -0.452 e. The molecule has 0 aliphatic rings. The van der Waals surface area contributed by atoms with Gasteiger partial charge in [0.2, 0.25) is 0 Å². The van der Waals surface area contributed by atoms with Gasteiger partial charge in [-0.3, -0.25) is 9.59 Å². The predicted octanol–water partition coefficient (Wildman–Crippen LogP) is 4.41. The van der Waals surface area contributed by atoms with Crippen LogP contribution in [-0.2, 0) is 20.7 Å². The van der Waals surface area contributed by atoms with Gasteiger partial charge in [-0.2, -0.15) is 0 Å². The number of benzene rings is 2. The van der Waals surface area contributed by atoms with Crippen LogP contribution < -0.4 is 5.32 Å². The third-order valence-electron chi connectivity index (χ3n) is 3.35. The van der Waals surface area contributed by atoms with E-state index in [-0.39, 0.29) is 6.42 Å². The molecule has 0 radical (unpaired) electrons. The van der Waals surface area contributed by atoms with Gasteiger partial charge >= 0.3 is 5.97 Å². The lowest BCUT2D eigenvalue weighted by Crippen LogP contribution is -2.30. The molecular formula is C18H17Cl2NO3. The van der Waals surface area contributed by atoms with Gasteiger partial charge in [0.15, 0.2) is 6.10 Å². The van der Waals surface area contributed by atoms with E-state index in [1.165, 1.54) is 6.92 Å². The Morgan fingerprint density at radius 3 is 2.38 bits per heavy atom. The molecule has 1 N–H and O–H groups in total. The monoisotopic (exact) mass is 365 g/mol. The Hall–Kier alpha value is -2.04. The van der Waals surface area contributed by atoms with Crippen molar-refractivity contribution < 1.29 is 14.3 Å². The van der Waals surface area contributed by atoms with Crippen molar-refractivity contribution in [1.29, 1.82) is 0 Å². The van der Waals surface area contributed by atoms with Crippen LogP contribution in [0.3, 0.4) is 0 Å². The molecule has 2 aromatic carbocycles. The molecular weight excluding hydrogens is 349 g/mol. The van der Waals surface area contributed by atoms with Gasteiger partial charge in [-0.1, -0.05) is 41.4 Å². The van der Waals surface area contributed by atoms with Crippen LogP contribution in [0.5, 0.6) is 0 Å². The second kappa shape index (κ2) is 8.18. The average molecular weight is 366 g/mol. The molecule has 0 heterocycles. The molecule has 0 aliphatic carbocycles. The summed E-state index contributed by atoms with van der Waals surface area (Å²) in [4.78, 5) is 24.1. The number of ether oxygens (including phenoxy) is 1. The van der Waals surface area contributed by atoms with E-state index in [4.69, 9.17) is 27.9 Å². The summed E-state index contributed by atoms with van der Waals surface area (Å²) in [7, 11) is 0. The normalized spacial score (nSPS) is 11.7. The van der Waals surface area contributed by atoms with Crippen molar-refractivity contribution in [1.82, 2.24) is 0 Å². The molecule has 0 unspecified atom stereocenters. The minimum atomic E-state index is -0.931. The number of aryl methyl sites for hydroxylation is 1. The summed E-state index contributed by atoms with van der Waals surface area (Å²) in [6.07, 6.45) is -1.03. The first kappa shape index (κ1) is 18.3. The fraction of sp³-hybridized carbons (Fsp3) is 0.222. The lowest BCUT2D eigenvalue weighted by Gasteiger charge is -2.14. The summed E-state index contributed by atoms with van der Waals surface area (Å²) >= 11 is 12.0. The minimum absolute atomic E-state index is 0.0967. The van der Waals surface area contributed by atoms with Crippen molar-refractivity contribution in [2.24, 2.45) is 0 Å². The van der Waals surface area contributed by atoms with Crippen LogP contribution >= 0.6 is 23.2 Å². The molecule has 0 aliphatic heterocycles. The third kappa shape index (κ3) is 4.98. The molecule has 1 amide bonds. The number of carbonyl (C=O) groups is 2. The molecule has 0 spiro atoms. The van der Waals surface area contributed by atoms with Crippen molar-refractivity contribution in [2.45, 2.75) is 26.4 Å². The zero-order chi connectivity index (χ0) is 17.7. The quantitative estimate of drug-likeness (QED) is 0.798. The standard InChI is InChI=1S/C18H17Cl2NO3/c1-11-5-3-6-13(9-11)21-18(23)12(2)24-17(22)10-14-15(19)7-4-8-16(14)20/h3-9,12H,10H2,1-2H3,(H,21,23)/t12-/m1/s1. The van der Waals surface area contributed by atoms with E-state index in [9.17, 15) is 9.59 Å². The smallest absolute Gasteiger partial charge is 0.311 e. The second-order valence-electron chi connectivity index (χ2n) is 5.37. The molecule has 126 valence electrons. The SMILES string of the molecule is Cc1cccc(NC(=O)[C@@H](C)OC(=O)Cc2c(Cl)cccc2Cl)c1. The third-order valence-corrected chi connectivity index (χ3v) is 4.05. The summed E-state index contributed by atoms with van der Waals surface area (Å²) < 4.78 is 5.16. The molecule has 24 heavy (non-hydrogen) atoms. The number of amides is 1. The molecule has 6 heteroatoms. The number of hydrogen-bond donors (Lipinski definition) is 1. The number of nitrogens with one attached hydrogen (secondary N) is 1. The van der Waals surface area contributed by atoms with E-state index in [1.807, 2.05) is 25.1 Å². The average Bonchev–Trinajstić information content (AvgIpc) is 2.51. The van der Waals surface area contributed by atoms with Gasteiger partial charge in [0.1, 0.15) is 0 Å². The molecule has 0 saturated carbocycles. The van der Waals surface area contributed by atoms with Crippen molar-refractivity contribution in [3.63, 3.8) is 0 Å². The van der Waals surface area contributed by atoms with Crippen LogP contribution in [0.2, 0.25) is 10.0 Å². The largest absolute Gasteiger partial charge is 0.452 e. The number of rotatable bonds is 5. The predicted molar refractivity (Wildman–Crippen MR) is 95.5 cm³/mol. The summed E-state index contributed by atoms with van der Waals surface area (Å²) in [5.41, 5.74) is 2.15. The summed E-state index contributed by atoms with van der Waals surface area (Å²) in [6, 6.07) is 12.3. The Morgan fingerprint density at radius 1 is 1.12 bits per heavy atom. The van der Waals surface area contributed by atoms with Gasteiger partial charge in [-0.15, -0.1) is 0 Å². The highest BCUT2D eigenvalue weighted by Crippen LogP contribution is 2.25. The summed E-state index contributed by atoms with van der Waals surface area (Å²) in [5, 5.41) is 3.48. The first-order valence-electron chi connectivity index (χ1n) is 7.36. The van der Waals surface area contributed by atoms with E-state index < -0.39 is 18.0 Å². The Kier molecular flexibility index (Phi) is 6.23. The Balaban J connectivity index is 1.94. The van der Waals surface area contributed by atoms with Crippen LogP contribution in [-0.4, -0.2) is 18.0 Å². The van der Waals surface area contributed by atoms with E-state index in [0.29, 0.717) is 21.3 Å². The maximum Gasteiger partial charge on any atom is 0.311 e. The fourth-order valence-corrected chi connectivity index (χ4v) is 2.64. The van der Waals surface area contributed by atoms with Gasteiger partial charge in [-0.25, -0.2) is 0 Å². The molecule has 0 saturated heterocycles. The number of esters is 1. The number of carbonyl (C=O) groups excluding carboxylic acids is 2. The maximum absolute atomic E-state index is 12.1. The van der Waals surface area contributed by atoms with Crippen LogP contribution in [0, 0.1) is 6.92 Å². The van der Waals surface area contributed by atoms with Crippen LogP contribution in [0.4, 0.5) is 5.69 Å². The van der Waals surface area contributed by atoms with Gasteiger partial charge in [0.05, 0.1) is 6.42 Å². The number of halogens is 2. The van der Waals surface area contributed by atoms with Gasteiger partial charge in [-0.05, 0) is 43.7 Å². The summed E-state index contributed by atoms with van der Waals surface area (Å²) in [6.45, 7) is 3.43. The first-order valence-corrected chi connectivity index (χ1v) is 8.12. The lowest BCUT2D eigenvalue weighted by molar-refractivity contribution is -0.152. The zero-order valence-electron chi connectivity index (χ0n) is 13.3. The van der Waals surface area contributed by atoms with E-state index in [2.05, 4.69) is 5.32 Å². The van der Waals surface area contributed by atoms with Gasteiger partial charge in [0, 0.05) is 21.3 Å². The first-order chi connectivity index (χ1) is 11.4. The van der Waals surface area contributed by atoms with E-state index >= 15 is 0 Å². The number of anilines is 1. The molecule has 1 atom stereocenters. The Morgan fingerprint density at radius 2 is 1.75 bits per heavy atom. The maximum atomic E-state index is 12.1. The Labute approximate surface area is 150 Å². The highest BCUT2D eigenvalue weighted by atomic mass is 35.5. The molecule has 2 rings (SSSR count). The van der Waals surface area contributed by atoms with Crippen LogP contribution in [0.1, 0.15) is 18.1 Å². The van der Waals surface area contributed by atoms with Crippen LogP contribution in [0.15, 0.2) is 42.5 Å². The van der Waals surface area contributed by atoms with Gasteiger partial charge < -0.3 is 10.1 Å². The topological polar surface area (TPSA) is 55.4 Å². The molecule has 0 fully saturated rings. The van der Waals surface area contributed by atoms with E-state index in [1.54, 1.807) is 24.3 Å². The highest BCUT2D eigenvalue weighted by Gasteiger charge is 2.19. The van der Waals surface area contributed by atoms with Crippen molar-refractivity contribution in [3.8, 4) is 0 Å². The lowest BCUT2D eigenvalue weighted by atomic mass is 10.1. The summed E-state index contributed by atoms with van der Waals surface area (Å²) in [5.74, 6) is -0.976. The van der Waals surface area contributed by atoms with Crippen molar-refractivity contribution in [2.75, 3.05) is 5.32 Å². The van der Waals surface area contributed by atoms with Crippen molar-refractivity contribution in [3.05, 3.63) is 63.6 Å². The second-order valence-corrected chi connectivity index (χ2v) is 6.18. The van der Waals surface area contributed by atoms with Crippen LogP contribution in [0.25, 0.3) is 0 Å². The zero-order valence-corrected chi connectivity index (χ0v) is 14.8. The van der Waals surface area contributed by atoms with Crippen molar-refractivity contribution >= 4 is 40.8 Å². The van der Waals surface area contributed by atoms with E-state index in [0.717, 1.165) is 5.56 Å². The fourth-order valence-electron chi connectivity index (χ4n) is 2.10.